The average molecular weight is 592 g/mol. The third kappa shape index (κ3) is 6.91. The van der Waals surface area contributed by atoms with E-state index in [9.17, 15) is 18.0 Å². The Morgan fingerprint density at radius 2 is 1.56 bits per heavy atom. The summed E-state index contributed by atoms with van der Waals surface area (Å²) in [4.78, 5) is 28.8. The third-order valence-corrected chi connectivity index (χ3v) is 8.78. The Hall–Kier alpha value is -3.76. The molecule has 0 aliphatic carbocycles. The summed E-state index contributed by atoms with van der Waals surface area (Å²) < 4.78 is 43.7. The summed E-state index contributed by atoms with van der Waals surface area (Å²) in [7, 11) is 1.62. The van der Waals surface area contributed by atoms with Crippen LogP contribution in [0.5, 0.6) is 5.88 Å². The van der Waals surface area contributed by atoms with E-state index in [1.54, 1.807) is 7.11 Å². The van der Waals surface area contributed by atoms with Crippen molar-refractivity contribution in [2.24, 2.45) is 4.99 Å². The zero-order chi connectivity index (χ0) is 30.0. The SMILES string of the molecule is COc1ccc(CN2CCC(c3ccc4c(c3)CC(C(=O)N3CCN(Cc5ccc(C(F)(F)F)cc5)CC3)=N4)CC2)cn1. The van der Waals surface area contributed by atoms with E-state index in [0.29, 0.717) is 56.7 Å². The van der Waals surface area contributed by atoms with Gasteiger partial charge in [0.1, 0.15) is 5.71 Å². The van der Waals surface area contributed by atoms with Crippen LogP contribution in [0.15, 0.2) is 65.8 Å². The monoisotopic (exact) mass is 591 g/mol. The number of carbonyl (C=O) groups is 1. The number of hydrogen-bond acceptors (Lipinski definition) is 6. The number of alkyl halides is 3. The van der Waals surface area contributed by atoms with Crippen LogP contribution in [-0.4, -0.2) is 77.7 Å². The molecule has 43 heavy (non-hydrogen) atoms. The lowest BCUT2D eigenvalue weighted by Gasteiger charge is -2.34. The zero-order valence-electron chi connectivity index (χ0n) is 24.3. The molecule has 2 aromatic carbocycles. The van der Waals surface area contributed by atoms with Gasteiger partial charge in [0, 0.05) is 58.0 Å². The fraction of sp³-hybridized carbons (Fsp3) is 0.424. The minimum Gasteiger partial charge on any atom is -0.481 e. The first kappa shape index (κ1) is 29.3. The van der Waals surface area contributed by atoms with E-state index in [0.717, 1.165) is 61.4 Å². The quantitative estimate of drug-likeness (QED) is 0.365. The van der Waals surface area contributed by atoms with Crippen molar-refractivity contribution in [3.63, 3.8) is 0 Å². The molecule has 3 aliphatic rings. The van der Waals surface area contributed by atoms with Crippen molar-refractivity contribution in [3.8, 4) is 5.88 Å². The van der Waals surface area contributed by atoms with Crippen molar-refractivity contribution >= 4 is 17.3 Å². The number of piperazine rings is 1. The number of amides is 1. The third-order valence-electron chi connectivity index (χ3n) is 8.78. The Labute approximate surface area is 250 Å². The summed E-state index contributed by atoms with van der Waals surface area (Å²) in [6.07, 6.45) is 0.283. The number of rotatable bonds is 7. The molecule has 226 valence electrons. The van der Waals surface area contributed by atoms with Crippen LogP contribution in [0.1, 0.15) is 46.6 Å². The number of nitrogens with zero attached hydrogens (tertiary/aromatic N) is 5. The van der Waals surface area contributed by atoms with Gasteiger partial charge in [-0.05, 0) is 72.3 Å². The number of likely N-dealkylation sites (tertiary alicyclic amines) is 1. The van der Waals surface area contributed by atoms with E-state index in [-0.39, 0.29) is 5.91 Å². The van der Waals surface area contributed by atoms with Crippen LogP contribution in [-0.2, 0) is 30.5 Å². The van der Waals surface area contributed by atoms with Crippen molar-refractivity contribution < 1.29 is 22.7 Å². The Morgan fingerprint density at radius 3 is 2.21 bits per heavy atom. The number of aromatic nitrogens is 1. The molecule has 1 amide bonds. The molecule has 6 rings (SSSR count). The molecule has 0 saturated carbocycles. The smallest absolute Gasteiger partial charge is 0.416 e. The first-order valence-electron chi connectivity index (χ1n) is 14.8. The summed E-state index contributed by atoms with van der Waals surface area (Å²) in [5.41, 5.74) is 5.30. The minimum absolute atomic E-state index is 0.0201. The molecule has 7 nitrogen and oxygen atoms in total. The van der Waals surface area contributed by atoms with Gasteiger partial charge in [-0.2, -0.15) is 13.2 Å². The number of aliphatic imine (C=N–C) groups is 1. The Bertz CT molecular complexity index is 1460. The number of hydrogen-bond donors (Lipinski definition) is 0. The molecule has 10 heteroatoms. The van der Waals surface area contributed by atoms with E-state index >= 15 is 0 Å². The predicted molar refractivity (Wildman–Crippen MR) is 159 cm³/mol. The first-order chi connectivity index (χ1) is 20.7. The standard InChI is InChI=1S/C33H36F3N5O2/c1-43-31-9-4-24(20-37-31)22-39-12-10-25(11-13-39)26-5-8-29-27(18-26)19-30(38-29)32(42)41-16-14-40(15-17-41)21-23-2-6-28(7-3-23)33(34,35)36/h2-9,18,20,25H,10-17,19,21-22H2,1H3. The number of pyridine rings is 1. The zero-order valence-corrected chi connectivity index (χ0v) is 24.3. The van der Waals surface area contributed by atoms with Gasteiger partial charge in [-0.3, -0.25) is 14.6 Å². The molecule has 4 heterocycles. The maximum atomic E-state index is 13.3. The highest BCUT2D eigenvalue weighted by Crippen LogP contribution is 2.35. The van der Waals surface area contributed by atoms with Crippen LogP contribution in [0.4, 0.5) is 18.9 Å². The second-order valence-electron chi connectivity index (χ2n) is 11.6. The highest BCUT2D eigenvalue weighted by molar-refractivity contribution is 6.40. The van der Waals surface area contributed by atoms with Gasteiger partial charge in [-0.15, -0.1) is 0 Å². The lowest BCUT2D eigenvalue weighted by Crippen LogP contribution is -2.50. The van der Waals surface area contributed by atoms with E-state index in [4.69, 9.17) is 9.73 Å². The van der Waals surface area contributed by atoms with Gasteiger partial charge in [-0.1, -0.05) is 30.3 Å². The van der Waals surface area contributed by atoms with Crippen LogP contribution < -0.4 is 4.74 Å². The van der Waals surface area contributed by atoms with E-state index in [1.807, 2.05) is 17.2 Å². The second-order valence-corrected chi connectivity index (χ2v) is 11.6. The van der Waals surface area contributed by atoms with E-state index < -0.39 is 11.7 Å². The molecular formula is C33H36F3N5O2. The van der Waals surface area contributed by atoms with E-state index in [1.165, 1.54) is 23.3 Å². The van der Waals surface area contributed by atoms with Gasteiger partial charge < -0.3 is 9.64 Å². The predicted octanol–water partition coefficient (Wildman–Crippen LogP) is 5.46. The number of methoxy groups -OCH3 is 1. The molecule has 1 aromatic heterocycles. The summed E-state index contributed by atoms with van der Waals surface area (Å²) in [6, 6.07) is 15.8. The van der Waals surface area contributed by atoms with Crippen LogP contribution >= 0.6 is 0 Å². The average Bonchev–Trinajstić information content (AvgIpc) is 3.45. The minimum atomic E-state index is -4.33. The molecule has 0 atom stereocenters. The molecule has 0 unspecified atom stereocenters. The van der Waals surface area contributed by atoms with Crippen LogP contribution in [0.25, 0.3) is 0 Å². The van der Waals surface area contributed by atoms with Gasteiger partial charge >= 0.3 is 6.18 Å². The normalized spacial score (nSPS) is 18.4. The number of carbonyl (C=O) groups excluding carboxylic acids is 1. The fourth-order valence-electron chi connectivity index (χ4n) is 6.26. The van der Waals surface area contributed by atoms with Crippen LogP contribution in [0.3, 0.4) is 0 Å². The van der Waals surface area contributed by atoms with E-state index in [2.05, 4.69) is 39.0 Å². The van der Waals surface area contributed by atoms with Crippen molar-refractivity contribution in [1.82, 2.24) is 19.7 Å². The van der Waals surface area contributed by atoms with Crippen molar-refractivity contribution in [3.05, 3.63) is 88.6 Å². The van der Waals surface area contributed by atoms with Gasteiger partial charge in [0.05, 0.1) is 18.4 Å². The number of benzene rings is 2. The maximum Gasteiger partial charge on any atom is 0.416 e. The Kier molecular flexibility index (Phi) is 8.50. The topological polar surface area (TPSA) is 61.3 Å². The Balaban J connectivity index is 0.973. The van der Waals surface area contributed by atoms with Gasteiger partial charge in [0.2, 0.25) is 5.88 Å². The summed E-state index contributed by atoms with van der Waals surface area (Å²) in [6.45, 7) is 5.99. The number of fused-ring (bicyclic) bond motifs is 1. The van der Waals surface area contributed by atoms with Crippen LogP contribution in [0.2, 0.25) is 0 Å². The van der Waals surface area contributed by atoms with Gasteiger partial charge in [-0.25, -0.2) is 9.98 Å². The Morgan fingerprint density at radius 1 is 0.884 bits per heavy atom. The molecule has 0 bridgehead atoms. The molecule has 2 fully saturated rings. The van der Waals surface area contributed by atoms with Gasteiger partial charge in [0.25, 0.3) is 5.91 Å². The summed E-state index contributed by atoms with van der Waals surface area (Å²) in [5.74, 6) is 1.10. The maximum absolute atomic E-state index is 13.3. The van der Waals surface area contributed by atoms with Crippen molar-refractivity contribution in [2.75, 3.05) is 46.4 Å². The number of ether oxygens (including phenoxy) is 1. The highest BCUT2D eigenvalue weighted by atomic mass is 19.4. The lowest BCUT2D eigenvalue weighted by molar-refractivity contribution is -0.137. The van der Waals surface area contributed by atoms with Gasteiger partial charge in [0.15, 0.2) is 0 Å². The first-order valence-corrected chi connectivity index (χ1v) is 14.8. The molecular weight excluding hydrogens is 555 g/mol. The molecule has 0 N–H and O–H groups in total. The largest absolute Gasteiger partial charge is 0.481 e. The lowest BCUT2D eigenvalue weighted by atomic mass is 9.88. The molecule has 0 spiro atoms. The highest BCUT2D eigenvalue weighted by Gasteiger charge is 2.31. The molecule has 3 aliphatic heterocycles. The number of piperidine rings is 1. The summed E-state index contributed by atoms with van der Waals surface area (Å²) in [5, 5.41) is 0. The fourth-order valence-corrected chi connectivity index (χ4v) is 6.26. The van der Waals surface area contributed by atoms with Crippen LogP contribution in [0, 0.1) is 0 Å². The summed E-state index contributed by atoms with van der Waals surface area (Å²) >= 11 is 0. The molecule has 0 radical (unpaired) electrons. The molecule has 2 saturated heterocycles. The second kappa shape index (κ2) is 12.5. The molecule has 3 aromatic rings. The number of halogens is 3. The van der Waals surface area contributed by atoms with Crippen molar-refractivity contribution in [2.45, 2.75) is 44.4 Å². The van der Waals surface area contributed by atoms with Crippen molar-refractivity contribution in [1.29, 1.82) is 0 Å².